The lowest BCUT2D eigenvalue weighted by molar-refractivity contribution is -0.000889. The summed E-state index contributed by atoms with van der Waals surface area (Å²) in [5.41, 5.74) is 3.71. The number of hydrogen-bond acceptors (Lipinski definition) is 3. The molecule has 0 N–H and O–H groups in total. The van der Waals surface area contributed by atoms with Gasteiger partial charge >= 0.3 is 6.09 Å². The normalized spacial score (nSPS) is 18.8. The Morgan fingerprint density at radius 3 is 2.53 bits per heavy atom. The van der Waals surface area contributed by atoms with E-state index >= 15 is 0 Å². The van der Waals surface area contributed by atoms with Crippen LogP contribution in [0.5, 0.6) is 0 Å². The van der Waals surface area contributed by atoms with Gasteiger partial charge in [0.05, 0.1) is 12.1 Å². The molecule has 3 aromatic rings. The maximum atomic E-state index is 14.2. The zero-order chi connectivity index (χ0) is 22.5. The quantitative estimate of drug-likeness (QED) is 0.531. The minimum atomic E-state index is -0.419. The summed E-state index contributed by atoms with van der Waals surface area (Å²) in [4.78, 5) is 16.7. The molecule has 1 amide bonds. The Balaban J connectivity index is 1.32. The summed E-state index contributed by atoms with van der Waals surface area (Å²) in [5.74, 6) is -0.186. The molecular formula is C26H30FN3O2. The number of fused-ring (bicyclic) bond motifs is 1. The van der Waals surface area contributed by atoms with Gasteiger partial charge in [-0.05, 0) is 56.2 Å². The third-order valence-corrected chi connectivity index (χ3v) is 6.92. The number of para-hydroxylation sites is 1. The van der Waals surface area contributed by atoms with Gasteiger partial charge < -0.3 is 9.30 Å². The smallest absolute Gasteiger partial charge is 0.415 e. The second-order valence-corrected chi connectivity index (χ2v) is 9.52. The lowest BCUT2D eigenvalue weighted by Crippen LogP contribution is -2.46. The largest absolute Gasteiger partial charge is 0.441 e. The number of rotatable bonds is 4. The molecule has 0 saturated carbocycles. The SMILES string of the molecule is Cc1cc(F)cc2c(CN3CCC4(CC3)CN(c3ccccc3)C(=O)O4)cn(C(C)C)c12. The van der Waals surface area contributed by atoms with Crippen molar-refractivity contribution >= 4 is 22.7 Å². The number of aryl methyl sites for hydroxylation is 1. The Morgan fingerprint density at radius 1 is 1.12 bits per heavy atom. The van der Waals surface area contributed by atoms with E-state index in [1.807, 2.05) is 37.3 Å². The van der Waals surface area contributed by atoms with Crippen LogP contribution in [0.2, 0.25) is 0 Å². The standard InChI is InChI=1S/C26H30FN3O2/c1-18(2)29-16-20(23-14-21(27)13-19(3)24(23)29)15-28-11-9-26(10-12-28)17-30(25(31)32-26)22-7-5-4-6-8-22/h4-8,13-14,16,18H,9-12,15,17H2,1-3H3. The summed E-state index contributed by atoms with van der Waals surface area (Å²) < 4.78 is 22.4. The Morgan fingerprint density at radius 2 is 1.84 bits per heavy atom. The van der Waals surface area contributed by atoms with Gasteiger partial charge in [0.15, 0.2) is 0 Å². The molecule has 168 valence electrons. The number of aromatic nitrogens is 1. The second-order valence-electron chi connectivity index (χ2n) is 9.52. The molecule has 2 saturated heterocycles. The first kappa shape index (κ1) is 21.0. The molecule has 1 aromatic heterocycles. The Labute approximate surface area is 188 Å². The molecule has 2 aliphatic rings. The minimum Gasteiger partial charge on any atom is -0.441 e. The van der Waals surface area contributed by atoms with Gasteiger partial charge in [-0.25, -0.2) is 9.18 Å². The van der Waals surface area contributed by atoms with E-state index in [1.165, 1.54) is 0 Å². The van der Waals surface area contributed by atoms with Crippen molar-refractivity contribution in [1.82, 2.24) is 9.47 Å². The fraction of sp³-hybridized carbons (Fsp3) is 0.423. The second kappa shape index (κ2) is 7.93. The summed E-state index contributed by atoms with van der Waals surface area (Å²) in [6.07, 6.45) is 3.53. The minimum absolute atomic E-state index is 0.186. The van der Waals surface area contributed by atoms with Crippen LogP contribution in [0.3, 0.4) is 0 Å². The lowest BCUT2D eigenvalue weighted by Gasteiger charge is -2.37. The summed E-state index contributed by atoms with van der Waals surface area (Å²) in [7, 11) is 0. The number of likely N-dealkylation sites (tertiary alicyclic amines) is 1. The molecule has 2 fully saturated rings. The zero-order valence-electron chi connectivity index (χ0n) is 19.0. The van der Waals surface area contributed by atoms with E-state index in [9.17, 15) is 9.18 Å². The highest BCUT2D eigenvalue weighted by Gasteiger charge is 2.47. The van der Waals surface area contributed by atoms with E-state index in [0.717, 1.165) is 60.2 Å². The molecule has 2 aromatic carbocycles. The van der Waals surface area contributed by atoms with Gasteiger partial charge in [0, 0.05) is 55.8 Å². The van der Waals surface area contributed by atoms with Crippen molar-refractivity contribution in [1.29, 1.82) is 0 Å². The van der Waals surface area contributed by atoms with Crippen LogP contribution in [0.1, 0.15) is 43.9 Å². The monoisotopic (exact) mass is 435 g/mol. The van der Waals surface area contributed by atoms with Crippen LogP contribution < -0.4 is 4.90 Å². The van der Waals surface area contributed by atoms with Crippen LogP contribution in [0, 0.1) is 12.7 Å². The summed E-state index contributed by atoms with van der Waals surface area (Å²) in [6.45, 7) is 9.35. The lowest BCUT2D eigenvalue weighted by atomic mass is 9.91. The van der Waals surface area contributed by atoms with Crippen molar-refractivity contribution in [3.63, 3.8) is 0 Å². The van der Waals surface area contributed by atoms with Crippen molar-refractivity contribution in [2.75, 3.05) is 24.5 Å². The van der Waals surface area contributed by atoms with Gasteiger partial charge in [-0.1, -0.05) is 18.2 Å². The van der Waals surface area contributed by atoms with E-state index < -0.39 is 5.60 Å². The number of anilines is 1. The average molecular weight is 436 g/mol. The van der Waals surface area contributed by atoms with Gasteiger partial charge in [-0.15, -0.1) is 0 Å². The van der Waals surface area contributed by atoms with Gasteiger partial charge in [0.2, 0.25) is 0 Å². The first-order valence-corrected chi connectivity index (χ1v) is 11.4. The Kier molecular flexibility index (Phi) is 5.20. The molecule has 0 atom stereocenters. The molecule has 0 unspecified atom stereocenters. The van der Waals surface area contributed by atoms with E-state index in [0.29, 0.717) is 12.6 Å². The summed E-state index contributed by atoms with van der Waals surface area (Å²) >= 11 is 0. The maximum Gasteiger partial charge on any atom is 0.415 e. The van der Waals surface area contributed by atoms with Crippen molar-refractivity contribution < 1.29 is 13.9 Å². The van der Waals surface area contributed by atoms with Crippen LogP contribution in [0.15, 0.2) is 48.7 Å². The molecule has 0 bridgehead atoms. The number of piperidine rings is 1. The number of carbonyl (C=O) groups excluding carboxylic acids is 1. The maximum absolute atomic E-state index is 14.2. The molecule has 0 radical (unpaired) electrons. The van der Waals surface area contributed by atoms with E-state index in [4.69, 9.17) is 4.74 Å². The van der Waals surface area contributed by atoms with Crippen LogP contribution in [-0.2, 0) is 11.3 Å². The highest BCUT2D eigenvalue weighted by molar-refractivity contribution is 5.90. The van der Waals surface area contributed by atoms with Crippen LogP contribution in [-0.4, -0.2) is 40.8 Å². The molecule has 6 heteroatoms. The zero-order valence-corrected chi connectivity index (χ0v) is 19.0. The number of hydrogen-bond donors (Lipinski definition) is 0. The number of carbonyl (C=O) groups is 1. The Hall–Kier alpha value is -2.86. The number of halogens is 1. The predicted octanol–water partition coefficient (Wildman–Crippen LogP) is 5.66. The molecule has 0 aliphatic carbocycles. The summed E-state index contributed by atoms with van der Waals surface area (Å²) in [5, 5.41) is 0.999. The van der Waals surface area contributed by atoms with Crippen molar-refractivity contribution in [2.24, 2.45) is 0 Å². The van der Waals surface area contributed by atoms with Gasteiger partial charge in [0.1, 0.15) is 11.4 Å². The molecular weight excluding hydrogens is 405 g/mol. The number of amides is 1. The first-order valence-electron chi connectivity index (χ1n) is 11.4. The van der Waals surface area contributed by atoms with Gasteiger partial charge in [-0.2, -0.15) is 0 Å². The topological polar surface area (TPSA) is 37.7 Å². The molecule has 32 heavy (non-hydrogen) atoms. The predicted molar refractivity (Wildman–Crippen MR) is 125 cm³/mol. The van der Waals surface area contributed by atoms with Crippen molar-refractivity contribution in [2.45, 2.75) is 51.8 Å². The average Bonchev–Trinajstić information content (AvgIpc) is 3.29. The van der Waals surface area contributed by atoms with Crippen molar-refractivity contribution in [3.05, 3.63) is 65.6 Å². The van der Waals surface area contributed by atoms with E-state index in [2.05, 4.69) is 29.5 Å². The molecule has 1 spiro atoms. The molecule has 2 aliphatic heterocycles. The molecule has 5 nitrogen and oxygen atoms in total. The number of benzene rings is 2. The Bertz CT molecular complexity index is 1150. The van der Waals surface area contributed by atoms with Gasteiger partial charge in [0.25, 0.3) is 0 Å². The van der Waals surface area contributed by atoms with Crippen molar-refractivity contribution in [3.8, 4) is 0 Å². The van der Waals surface area contributed by atoms with Crippen LogP contribution >= 0.6 is 0 Å². The van der Waals surface area contributed by atoms with E-state index in [1.54, 1.807) is 17.0 Å². The summed E-state index contributed by atoms with van der Waals surface area (Å²) in [6, 6.07) is 13.3. The number of ether oxygens (including phenoxy) is 1. The highest BCUT2D eigenvalue weighted by Crippen LogP contribution is 2.37. The third-order valence-electron chi connectivity index (χ3n) is 6.92. The first-order chi connectivity index (χ1) is 15.3. The molecule has 5 rings (SSSR count). The molecule has 3 heterocycles. The fourth-order valence-corrected chi connectivity index (χ4v) is 5.21. The highest BCUT2D eigenvalue weighted by atomic mass is 19.1. The van der Waals surface area contributed by atoms with Crippen LogP contribution in [0.25, 0.3) is 10.9 Å². The fourth-order valence-electron chi connectivity index (χ4n) is 5.21. The van der Waals surface area contributed by atoms with Gasteiger partial charge in [-0.3, -0.25) is 9.80 Å². The van der Waals surface area contributed by atoms with Crippen LogP contribution in [0.4, 0.5) is 14.9 Å². The van der Waals surface area contributed by atoms with E-state index in [-0.39, 0.29) is 11.9 Å². The third kappa shape index (κ3) is 3.66. The number of nitrogens with zero attached hydrogens (tertiary/aromatic N) is 3.